The van der Waals surface area contributed by atoms with Crippen LogP contribution < -0.4 is 5.32 Å². The third-order valence-corrected chi connectivity index (χ3v) is 2.63. The Hall–Kier alpha value is -1.98. The molecule has 0 saturated heterocycles. The van der Waals surface area contributed by atoms with Gasteiger partial charge in [-0.1, -0.05) is 23.7 Å². The lowest BCUT2D eigenvalue weighted by Gasteiger charge is -2.05. The van der Waals surface area contributed by atoms with Gasteiger partial charge in [-0.3, -0.25) is 9.78 Å². The number of carbonyl (C=O) groups is 1. The highest BCUT2D eigenvalue weighted by Gasteiger charge is 2.08. The van der Waals surface area contributed by atoms with Gasteiger partial charge in [0.1, 0.15) is 10.8 Å². The number of rotatable bonds is 4. The van der Waals surface area contributed by atoms with Crippen LogP contribution in [0.15, 0.2) is 36.7 Å². The number of halogens is 1. The highest BCUT2D eigenvalue weighted by Crippen LogP contribution is 2.11. The Kier molecular flexibility index (Phi) is 4.43. The van der Waals surface area contributed by atoms with Gasteiger partial charge in [0.15, 0.2) is 0 Å². The molecule has 0 aliphatic carbocycles. The van der Waals surface area contributed by atoms with Gasteiger partial charge < -0.3 is 10.4 Å². The summed E-state index contributed by atoms with van der Waals surface area (Å²) in [5.41, 5.74) is 1.81. The highest BCUT2D eigenvalue weighted by molar-refractivity contribution is 6.29. The molecular weight excluding hydrogens is 266 g/mol. The van der Waals surface area contributed by atoms with Crippen molar-refractivity contribution in [2.24, 2.45) is 0 Å². The van der Waals surface area contributed by atoms with Crippen molar-refractivity contribution in [1.82, 2.24) is 9.97 Å². The number of hydrogen-bond donors (Lipinski definition) is 2. The normalized spacial score (nSPS) is 10.2. The third-order valence-electron chi connectivity index (χ3n) is 2.45. The molecule has 1 aromatic carbocycles. The van der Waals surface area contributed by atoms with Gasteiger partial charge in [0.2, 0.25) is 0 Å². The maximum Gasteiger partial charge on any atom is 0.275 e. The molecule has 1 amide bonds. The van der Waals surface area contributed by atoms with E-state index in [4.69, 9.17) is 16.7 Å². The molecular formula is C13H12ClN3O2. The predicted molar refractivity (Wildman–Crippen MR) is 72.2 cm³/mol. The van der Waals surface area contributed by atoms with E-state index in [0.29, 0.717) is 12.1 Å². The van der Waals surface area contributed by atoms with Crippen LogP contribution in [-0.4, -0.2) is 27.6 Å². The maximum absolute atomic E-state index is 11.9. The molecule has 1 heterocycles. The van der Waals surface area contributed by atoms with Crippen LogP contribution in [-0.2, 0) is 6.42 Å². The molecule has 0 atom stereocenters. The smallest absolute Gasteiger partial charge is 0.275 e. The van der Waals surface area contributed by atoms with Crippen molar-refractivity contribution in [3.05, 3.63) is 53.1 Å². The van der Waals surface area contributed by atoms with Crippen molar-refractivity contribution < 1.29 is 9.90 Å². The van der Waals surface area contributed by atoms with Gasteiger partial charge in [0, 0.05) is 12.3 Å². The summed E-state index contributed by atoms with van der Waals surface area (Å²) in [6.07, 6.45) is 3.30. The van der Waals surface area contributed by atoms with Crippen LogP contribution in [0.2, 0.25) is 5.15 Å². The number of anilines is 1. The summed E-state index contributed by atoms with van der Waals surface area (Å²) >= 11 is 5.67. The minimum atomic E-state index is -0.370. The molecule has 1 aromatic heterocycles. The van der Waals surface area contributed by atoms with Crippen molar-refractivity contribution in [1.29, 1.82) is 0 Å². The van der Waals surface area contributed by atoms with Crippen molar-refractivity contribution in [3.63, 3.8) is 0 Å². The van der Waals surface area contributed by atoms with E-state index < -0.39 is 0 Å². The highest BCUT2D eigenvalue weighted by atomic mass is 35.5. The van der Waals surface area contributed by atoms with Crippen molar-refractivity contribution >= 4 is 23.2 Å². The van der Waals surface area contributed by atoms with E-state index in [1.165, 1.54) is 12.4 Å². The fourth-order valence-electron chi connectivity index (χ4n) is 1.53. The van der Waals surface area contributed by atoms with Crippen LogP contribution >= 0.6 is 11.6 Å². The fourth-order valence-corrected chi connectivity index (χ4v) is 1.68. The first kappa shape index (κ1) is 13.5. The van der Waals surface area contributed by atoms with E-state index in [2.05, 4.69) is 15.3 Å². The summed E-state index contributed by atoms with van der Waals surface area (Å²) in [7, 11) is 0. The molecule has 0 radical (unpaired) electrons. The second-order valence-electron chi connectivity index (χ2n) is 3.85. The quantitative estimate of drug-likeness (QED) is 0.895. The number of nitrogens with one attached hydrogen (secondary N) is 1. The Balaban J connectivity index is 2.06. The molecule has 0 saturated carbocycles. The molecule has 19 heavy (non-hydrogen) atoms. The topological polar surface area (TPSA) is 75.1 Å². The van der Waals surface area contributed by atoms with Gasteiger partial charge >= 0.3 is 0 Å². The first-order chi connectivity index (χ1) is 9.19. The van der Waals surface area contributed by atoms with E-state index >= 15 is 0 Å². The van der Waals surface area contributed by atoms with E-state index in [0.717, 1.165) is 5.56 Å². The molecule has 2 rings (SSSR count). The van der Waals surface area contributed by atoms with Gasteiger partial charge in [-0.15, -0.1) is 0 Å². The van der Waals surface area contributed by atoms with Crippen LogP contribution in [0.1, 0.15) is 16.1 Å². The van der Waals surface area contributed by atoms with Crippen LogP contribution in [0, 0.1) is 0 Å². The molecule has 0 bridgehead atoms. The SMILES string of the molecule is O=C(Nc1ccc(CCO)cc1)c1cncc(Cl)n1. The number of benzene rings is 1. The second kappa shape index (κ2) is 6.26. The molecule has 98 valence electrons. The third kappa shape index (κ3) is 3.74. The van der Waals surface area contributed by atoms with Gasteiger partial charge in [0.25, 0.3) is 5.91 Å². The standard InChI is InChI=1S/C13H12ClN3O2/c14-12-8-15-7-11(17-12)13(19)16-10-3-1-9(2-4-10)5-6-18/h1-4,7-8,18H,5-6H2,(H,16,19). The number of aliphatic hydroxyl groups excluding tert-OH is 1. The molecule has 0 aliphatic rings. The number of hydrogen-bond acceptors (Lipinski definition) is 4. The van der Waals surface area contributed by atoms with Crippen LogP contribution in [0.5, 0.6) is 0 Å². The molecule has 2 aromatic rings. The zero-order valence-corrected chi connectivity index (χ0v) is 10.8. The average molecular weight is 278 g/mol. The fraction of sp³-hybridized carbons (Fsp3) is 0.154. The van der Waals surface area contributed by atoms with E-state index in [1.54, 1.807) is 12.1 Å². The van der Waals surface area contributed by atoms with E-state index in [9.17, 15) is 4.79 Å². The Bertz CT molecular complexity index is 572. The average Bonchev–Trinajstić information content (AvgIpc) is 2.41. The van der Waals surface area contributed by atoms with E-state index in [1.807, 2.05) is 12.1 Å². The number of aliphatic hydroxyl groups is 1. The van der Waals surface area contributed by atoms with Crippen LogP contribution in [0.3, 0.4) is 0 Å². The number of nitrogens with zero attached hydrogens (tertiary/aromatic N) is 2. The predicted octanol–water partition coefficient (Wildman–Crippen LogP) is 1.92. The summed E-state index contributed by atoms with van der Waals surface area (Å²) in [5, 5.41) is 11.7. The van der Waals surface area contributed by atoms with Crippen molar-refractivity contribution in [2.45, 2.75) is 6.42 Å². The van der Waals surface area contributed by atoms with Gasteiger partial charge in [-0.25, -0.2) is 4.98 Å². The molecule has 0 spiro atoms. The molecule has 0 aliphatic heterocycles. The molecule has 0 unspecified atom stereocenters. The van der Waals surface area contributed by atoms with Gasteiger partial charge in [-0.05, 0) is 24.1 Å². The molecule has 2 N–H and O–H groups in total. The first-order valence-corrected chi connectivity index (χ1v) is 6.05. The van der Waals surface area contributed by atoms with Crippen LogP contribution in [0.25, 0.3) is 0 Å². The lowest BCUT2D eigenvalue weighted by atomic mass is 10.1. The number of amides is 1. The largest absolute Gasteiger partial charge is 0.396 e. The zero-order valence-electron chi connectivity index (χ0n) is 10.0. The molecule has 6 heteroatoms. The summed E-state index contributed by atoms with van der Waals surface area (Å²) < 4.78 is 0. The minimum absolute atomic E-state index is 0.101. The first-order valence-electron chi connectivity index (χ1n) is 5.68. The Labute approximate surface area is 115 Å². The lowest BCUT2D eigenvalue weighted by Crippen LogP contribution is -2.14. The molecule has 0 fully saturated rings. The Morgan fingerprint density at radius 1 is 1.26 bits per heavy atom. The van der Waals surface area contributed by atoms with Crippen molar-refractivity contribution in [2.75, 3.05) is 11.9 Å². The van der Waals surface area contributed by atoms with Crippen molar-refractivity contribution in [3.8, 4) is 0 Å². The maximum atomic E-state index is 11.9. The Morgan fingerprint density at radius 2 is 2.00 bits per heavy atom. The van der Waals surface area contributed by atoms with Crippen LogP contribution in [0.4, 0.5) is 5.69 Å². The number of aromatic nitrogens is 2. The Morgan fingerprint density at radius 3 is 2.63 bits per heavy atom. The lowest BCUT2D eigenvalue weighted by molar-refractivity contribution is 0.102. The summed E-state index contributed by atoms with van der Waals surface area (Å²) in [4.78, 5) is 19.5. The zero-order chi connectivity index (χ0) is 13.7. The van der Waals surface area contributed by atoms with Gasteiger partial charge in [0.05, 0.1) is 12.4 Å². The second-order valence-corrected chi connectivity index (χ2v) is 4.24. The number of carbonyl (C=O) groups excluding carboxylic acids is 1. The summed E-state index contributed by atoms with van der Waals surface area (Å²) in [6, 6.07) is 7.21. The van der Waals surface area contributed by atoms with E-state index in [-0.39, 0.29) is 23.4 Å². The van der Waals surface area contributed by atoms with Gasteiger partial charge in [-0.2, -0.15) is 0 Å². The summed E-state index contributed by atoms with van der Waals surface area (Å²) in [6.45, 7) is 0.101. The minimum Gasteiger partial charge on any atom is -0.396 e. The summed E-state index contributed by atoms with van der Waals surface area (Å²) in [5.74, 6) is -0.370. The monoisotopic (exact) mass is 277 g/mol. The molecule has 5 nitrogen and oxygen atoms in total.